The minimum Gasteiger partial charge on any atom is -0.390 e. The van der Waals surface area contributed by atoms with Crippen LogP contribution in [0.25, 0.3) is 0 Å². The fourth-order valence-corrected chi connectivity index (χ4v) is 8.72. The second-order valence-corrected chi connectivity index (χ2v) is 16.4. The molecule has 1 fully saturated rings. The SMILES string of the molecule is Cc1nc(CN2CCN([C@H](C(=O)N[C@@H](Cc3ccccc3)[C@H](O)CN(CC(C)C)S(=O)(=O)c3ccc(Cl)cc3Cl)C(C)C)C2=O)cs1. The molecule has 2 aromatic carbocycles. The number of amides is 3. The third-order valence-corrected chi connectivity index (χ3v) is 11.3. The summed E-state index contributed by atoms with van der Waals surface area (Å²) >= 11 is 13.9. The first kappa shape index (κ1) is 37.1. The lowest BCUT2D eigenvalue weighted by atomic mass is 9.97. The summed E-state index contributed by atoms with van der Waals surface area (Å²) in [6.45, 7) is 10.4. The van der Waals surface area contributed by atoms with Gasteiger partial charge in [0.1, 0.15) is 10.9 Å². The van der Waals surface area contributed by atoms with Gasteiger partial charge in [-0.2, -0.15) is 4.31 Å². The van der Waals surface area contributed by atoms with E-state index in [1.807, 2.05) is 70.3 Å². The quantitative estimate of drug-likeness (QED) is 0.215. The number of sulfonamides is 1. The fraction of sp³-hybridized carbons (Fsp3) is 0.485. The molecule has 3 atom stereocenters. The first-order valence-electron chi connectivity index (χ1n) is 15.6. The van der Waals surface area contributed by atoms with Crippen molar-refractivity contribution < 1.29 is 23.1 Å². The average molecular weight is 725 g/mol. The largest absolute Gasteiger partial charge is 0.390 e. The Kier molecular flexibility index (Phi) is 12.7. The van der Waals surface area contributed by atoms with E-state index in [1.165, 1.54) is 33.8 Å². The van der Waals surface area contributed by atoms with Crippen LogP contribution >= 0.6 is 34.5 Å². The van der Waals surface area contributed by atoms with Gasteiger partial charge in [0, 0.05) is 36.6 Å². The Balaban J connectivity index is 1.58. The molecule has 47 heavy (non-hydrogen) atoms. The molecule has 0 unspecified atom stereocenters. The molecule has 1 aliphatic heterocycles. The van der Waals surface area contributed by atoms with Gasteiger partial charge in [-0.25, -0.2) is 18.2 Å². The molecule has 2 N–H and O–H groups in total. The van der Waals surface area contributed by atoms with E-state index in [0.29, 0.717) is 24.7 Å². The van der Waals surface area contributed by atoms with Gasteiger partial charge in [-0.3, -0.25) is 4.79 Å². The summed E-state index contributed by atoms with van der Waals surface area (Å²) in [6.07, 6.45) is -1.07. The van der Waals surface area contributed by atoms with Crippen LogP contribution < -0.4 is 5.32 Å². The van der Waals surface area contributed by atoms with Crippen LogP contribution in [-0.2, 0) is 27.8 Å². The summed E-state index contributed by atoms with van der Waals surface area (Å²) in [4.78, 5) is 35.2. The average Bonchev–Trinajstić information content (AvgIpc) is 3.56. The zero-order chi connectivity index (χ0) is 34.5. The van der Waals surface area contributed by atoms with Crippen LogP contribution in [-0.4, -0.2) is 88.9 Å². The van der Waals surface area contributed by atoms with Crippen LogP contribution in [0.15, 0.2) is 58.8 Å². The Hall–Kier alpha value is -2.74. The molecule has 3 amide bonds. The predicted octanol–water partition coefficient (Wildman–Crippen LogP) is 5.46. The van der Waals surface area contributed by atoms with E-state index >= 15 is 0 Å². The highest BCUT2D eigenvalue weighted by molar-refractivity contribution is 7.89. The Bertz CT molecular complexity index is 1640. The lowest BCUT2D eigenvalue weighted by molar-refractivity contribution is -0.128. The van der Waals surface area contributed by atoms with Crippen molar-refractivity contribution in [3.8, 4) is 0 Å². The Labute approximate surface area is 291 Å². The molecule has 256 valence electrons. The molecule has 14 heteroatoms. The number of nitrogens with zero attached hydrogens (tertiary/aromatic N) is 4. The van der Waals surface area contributed by atoms with Gasteiger partial charge in [0.15, 0.2) is 0 Å². The number of thiazole rings is 1. The number of nitrogens with one attached hydrogen (secondary N) is 1. The molecule has 1 aliphatic rings. The molecular formula is C33H43Cl2N5O5S2. The molecule has 0 saturated carbocycles. The van der Waals surface area contributed by atoms with Crippen molar-refractivity contribution in [1.82, 2.24) is 24.4 Å². The van der Waals surface area contributed by atoms with Crippen molar-refractivity contribution in [2.75, 3.05) is 26.2 Å². The van der Waals surface area contributed by atoms with Gasteiger partial charge >= 0.3 is 6.03 Å². The van der Waals surface area contributed by atoms with E-state index in [9.17, 15) is 23.1 Å². The second-order valence-electron chi connectivity index (χ2n) is 12.6. The van der Waals surface area contributed by atoms with Crippen LogP contribution in [0.5, 0.6) is 0 Å². The minimum absolute atomic E-state index is 0.0242. The number of aliphatic hydroxyl groups excluding tert-OH is 1. The highest BCUT2D eigenvalue weighted by Gasteiger charge is 2.40. The molecule has 0 spiro atoms. The minimum atomic E-state index is -4.15. The van der Waals surface area contributed by atoms with Gasteiger partial charge < -0.3 is 20.2 Å². The Morgan fingerprint density at radius 2 is 1.79 bits per heavy atom. The summed E-state index contributed by atoms with van der Waals surface area (Å²) < 4.78 is 28.9. The number of carbonyl (C=O) groups is 2. The monoisotopic (exact) mass is 723 g/mol. The highest BCUT2D eigenvalue weighted by atomic mass is 35.5. The molecule has 4 rings (SSSR count). The number of aromatic nitrogens is 1. The summed E-state index contributed by atoms with van der Waals surface area (Å²) in [5.41, 5.74) is 1.65. The molecule has 3 aromatic rings. The zero-order valence-electron chi connectivity index (χ0n) is 27.3. The number of rotatable bonds is 15. The van der Waals surface area contributed by atoms with Gasteiger partial charge in [0.05, 0.1) is 34.4 Å². The fourth-order valence-electron chi connectivity index (χ4n) is 5.74. The molecular weight excluding hydrogens is 681 g/mol. The van der Waals surface area contributed by atoms with Crippen LogP contribution in [0.4, 0.5) is 4.79 Å². The number of aliphatic hydroxyl groups is 1. The van der Waals surface area contributed by atoms with Gasteiger partial charge in [0.25, 0.3) is 0 Å². The number of benzene rings is 2. The van der Waals surface area contributed by atoms with E-state index in [4.69, 9.17) is 23.2 Å². The zero-order valence-corrected chi connectivity index (χ0v) is 30.4. The van der Waals surface area contributed by atoms with E-state index in [0.717, 1.165) is 16.3 Å². The van der Waals surface area contributed by atoms with Crippen LogP contribution in [0.2, 0.25) is 10.0 Å². The van der Waals surface area contributed by atoms with E-state index in [1.54, 1.807) is 9.80 Å². The third kappa shape index (κ3) is 9.45. The van der Waals surface area contributed by atoms with Crippen molar-refractivity contribution in [3.63, 3.8) is 0 Å². The van der Waals surface area contributed by atoms with Crippen LogP contribution in [0.1, 0.15) is 44.0 Å². The van der Waals surface area contributed by atoms with Crippen molar-refractivity contribution in [1.29, 1.82) is 0 Å². The summed E-state index contributed by atoms with van der Waals surface area (Å²) in [5.74, 6) is -0.730. The summed E-state index contributed by atoms with van der Waals surface area (Å²) in [7, 11) is -4.15. The lowest BCUT2D eigenvalue weighted by Gasteiger charge is -2.34. The predicted molar refractivity (Wildman–Crippen MR) is 186 cm³/mol. The molecule has 2 heterocycles. The Morgan fingerprint density at radius 3 is 2.38 bits per heavy atom. The first-order chi connectivity index (χ1) is 22.2. The first-order valence-corrected chi connectivity index (χ1v) is 18.7. The third-order valence-electron chi connectivity index (χ3n) is 7.94. The number of halogens is 2. The number of hydrogen-bond acceptors (Lipinski definition) is 7. The molecule has 0 bridgehead atoms. The number of urea groups is 1. The van der Waals surface area contributed by atoms with Gasteiger partial charge in [-0.1, -0.05) is 81.2 Å². The van der Waals surface area contributed by atoms with Gasteiger partial charge in [-0.05, 0) is 48.9 Å². The van der Waals surface area contributed by atoms with Crippen molar-refractivity contribution in [3.05, 3.63) is 80.2 Å². The van der Waals surface area contributed by atoms with Crippen LogP contribution in [0, 0.1) is 18.8 Å². The standard InChI is InChI=1S/C33H43Cl2N5O5S2/c1-21(2)17-39(47(44,45)30-12-11-25(34)16-27(30)35)19-29(41)28(15-24-9-7-6-8-10-24)37-32(42)31(22(3)4)40-14-13-38(33(40)43)18-26-20-46-23(5)36-26/h6-12,16,20-22,28-29,31,41H,13-15,17-19H2,1-5H3,(H,37,42)/t28-,29+,31-/m0/s1. The normalized spacial score (nSPS) is 15.9. The number of hydrogen-bond donors (Lipinski definition) is 2. The van der Waals surface area contributed by atoms with Crippen molar-refractivity contribution in [2.45, 2.75) is 70.7 Å². The van der Waals surface area contributed by atoms with Crippen molar-refractivity contribution >= 4 is 56.5 Å². The Morgan fingerprint density at radius 1 is 1.09 bits per heavy atom. The summed E-state index contributed by atoms with van der Waals surface area (Å²) in [5, 5.41) is 17.8. The number of carbonyl (C=O) groups excluding carboxylic acids is 2. The van der Waals surface area contributed by atoms with Gasteiger partial charge in [0.2, 0.25) is 15.9 Å². The van der Waals surface area contributed by atoms with Crippen molar-refractivity contribution in [2.24, 2.45) is 11.8 Å². The van der Waals surface area contributed by atoms with E-state index in [-0.39, 0.29) is 47.3 Å². The molecule has 1 saturated heterocycles. The maximum Gasteiger partial charge on any atom is 0.321 e. The van der Waals surface area contributed by atoms with E-state index in [2.05, 4.69) is 10.3 Å². The van der Waals surface area contributed by atoms with Gasteiger partial charge in [-0.15, -0.1) is 11.3 Å². The number of aryl methyl sites for hydroxylation is 1. The summed E-state index contributed by atoms with van der Waals surface area (Å²) in [6, 6.07) is 11.6. The molecule has 10 nitrogen and oxygen atoms in total. The van der Waals surface area contributed by atoms with Crippen LogP contribution in [0.3, 0.4) is 0 Å². The molecule has 1 aromatic heterocycles. The van der Waals surface area contributed by atoms with E-state index < -0.39 is 34.1 Å². The molecule has 0 aliphatic carbocycles. The smallest absolute Gasteiger partial charge is 0.321 e. The highest BCUT2D eigenvalue weighted by Crippen LogP contribution is 2.29. The maximum absolute atomic E-state index is 14.0. The topological polar surface area (TPSA) is 123 Å². The molecule has 0 radical (unpaired) electrons. The lowest BCUT2D eigenvalue weighted by Crippen LogP contribution is -2.57. The maximum atomic E-state index is 14.0. The second kappa shape index (κ2) is 16.1.